The number of aromatic nitrogens is 2. The molecular weight excluding hydrogens is 193 g/mol. The maximum Gasteiger partial charge on any atom is 0.417 e. The summed E-state index contributed by atoms with van der Waals surface area (Å²) in [6.07, 6.45) is -2.87. The zero-order chi connectivity index (χ0) is 10.3. The van der Waals surface area contributed by atoms with Crippen LogP contribution in [0.2, 0.25) is 0 Å². The van der Waals surface area contributed by atoms with Crippen LogP contribution in [-0.2, 0) is 6.18 Å². The van der Waals surface area contributed by atoms with E-state index in [-0.39, 0.29) is 11.0 Å². The Bertz CT molecular complexity index is 470. The standard InChI is InChI=1S/C9H7F3N2/c1-5-4-7(9(10,11)12)6-2-3-13-8(6)14-5/h2-4H,1H3,(H,13,14). The highest BCUT2D eigenvalue weighted by atomic mass is 19.4. The zero-order valence-electron chi connectivity index (χ0n) is 7.31. The monoisotopic (exact) mass is 200 g/mol. The van der Waals surface area contributed by atoms with Crippen LogP contribution in [0.5, 0.6) is 0 Å². The lowest BCUT2D eigenvalue weighted by atomic mass is 10.1. The van der Waals surface area contributed by atoms with E-state index in [2.05, 4.69) is 9.97 Å². The third-order valence-electron chi connectivity index (χ3n) is 1.96. The molecule has 2 rings (SSSR count). The summed E-state index contributed by atoms with van der Waals surface area (Å²) in [6, 6.07) is 2.43. The van der Waals surface area contributed by atoms with E-state index in [1.165, 1.54) is 19.2 Å². The molecule has 0 aliphatic heterocycles. The van der Waals surface area contributed by atoms with Crippen molar-refractivity contribution in [1.29, 1.82) is 0 Å². The molecular formula is C9H7F3N2. The van der Waals surface area contributed by atoms with Crippen LogP contribution < -0.4 is 0 Å². The molecule has 2 aromatic rings. The number of rotatable bonds is 0. The smallest absolute Gasteiger partial charge is 0.346 e. The molecule has 5 heteroatoms. The normalized spacial score (nSPS) is 12.3. The highest BCUT2D eigenvalue weighted by Gasteiger charge is 2.33. The fraction of sp³-hybridized carbons (Fsp3) is 0.222. The summed E-state index contributed by atoms with van der Waals surface area (Å²) >= 11 is 0. The molecule has 74 valence electrons. The summed E-state index contributed by atoms with van der Waals surface area (Å²) in [5.74, 6) is 0. The predicted molar refractivity (Wildman–Crippen MR) is 45.8 cm³/mol. The predicted octanol–water partition coefficient (Wildman–Crippen LogP) is 2.89. The van der Waals surface area contributed by atoms with E-state index in [0.29, 0.717) is 5.69 Å². The number of hydrogen-bond acceptors (Lipinski definition) is 1. The Morgan fingerprint density at radius 1 is 1.36 bits per heavy atom. The van der Waals surface area contributed by atoms with Gasteiger partial charge in [0.15, 0.2) is 0 Å². The summed E-state index contributed by atoms with van der Waals surface area (Å²) in [5, 5.41) is 0.114. The number of H-pyrrole nitrogens is 1. The molecule has 0 saturated carbocycles. The summed E-state index contributed by atoms with van der Waals surface area (Å²) in [4.78, 5) is 6.62. The lowest BCUT2D eigenvalue weighted by Crippen LogP contribution is -2.06. The van der Waals surface area contributed by atoms with E-state index in [4.69, 9.17) is 0 Å². The molecule has 2 heterocycles. The van der Waals surface area contributed by atoms with Gasteiger partial charge in [0.1, 0.15) is 5.65 Å². The lowest BCUT2D eigenvalue weighted by molar-refractivity contribution is -0.136. The molecule has 0 spiro atoms. The molecule has 0 atom stereocenters. The maximum atomic E-state index is 12.5. The minimum absolute atomic E-state index is 0.114. The van der Waals surface area contributed by atoms with Crippen molar-refractivity contribution in [3.63, 3.8) is 0 Å². The van der Waals surface area contributed by atoms with Gasteiger partial charge >= 0.3 is 6.18 Å². The Labute approximate surface area is 77.8 Å². The lowest BCUT2D eigenvalue weighted by Gasteiger charge is -2.08. The number of pyridine rings is 1. The van der Waals surface area contributed by atoms with Gasteiger partial charge in [0.25, 0.3) is 0 Å². The molecule has 1 N–H and O–H groups in total. The summed E-state index contributed by atoms with van der Waals surface area (Å²) in [6.45, 7) is 1.54. The Morgan fingerprint density at radius 2 is 2.07 bits per heavy atom. The van der Waals surface area contributed by atoms with Crippen molar-refractivity contribution in [2.75, 3.05) is 0 Å². The Hall–Kier alpha value is -1.52. The second kappa shape index (κ2) is 2.73. The molecule has 0 bridgehead atoms. The number of halogens is 3. The van der Waals surface area contributed by atoms with E-state index in [1.807, 2.05) is 0 Å². The molecule has 0 amide bonds. The maximum absolute atomic E-state index is 12.5. The van der Waals surface area contributed by atoms with Gasteiger partial charge in [-0.25, -0.2) is 4.98 Å². The van der Waals surface area contributed by atoms with Crippen molar-refractivity contribution < 1.29 is 13.2 Å². The van der Waals surface area contributed by atoms with Gasteiger partial charge in [0, 0.05) is 17.3 Å². The van der Waals surface area contributed by atoms with Gasteiger partial charge in [0.2, 0.25) is 0 Å². The van der Waals surface area contributed by atoms with Crippen molar-refractivity contribution in [3.8, 4) is 0 Å². The van der Waals surface area contributed by atoms with Gasteiger partial charge in [-0.1, -0.05) is 0 Å². The molecule has 0 aromatic carbocycles. The van der Waals surface area contributed by atoms with Crippen LogP contribution >= 0.6 is 0 Å². The van der Waals surface area contributed by atoms with Crippen molar-refractivity contribution in [2.24, 2.45) is 0 Å². The molecule has 0 fully saturated rings. The molecule has 0 aliphatic carbocycles. The number of hydrogen-bond donors (Lipinski definition) is 1. The van der Waals surface area contributed by atoms with E-state index in [1.54, 1.807) is 0 Å². The first-order valence-corrected chi connectivity index (χ1v) is 4.00. The number of aryl methyl sites for hydroxylation is 1. The first kappa shape index (κ1) is 9.05. The van der Waals surface area contributed by atoms with Crippen LogP contribution in [0.25, 0.3) is 11.0 Å². The minimum atomic E-state index is -4.33. The molecule has 14 heavy (non-hydrogen) atoms. The van der Waals surface area contributed by atoms with Gasteiger partial charge in [-0.2, -0.15) is 13.2 Å². The van der Waals surface area contributed by atoms with E-state index >= 15 is 0 Å². The largest absolute Gasteiger partial charge is 0.417 e. The third kappa shape index (κ3) is 1.34. The number of fused-ring (bicyclic) bond motifs is 1. The van der Waals surface area contributed by atoms with Crippen LogP contribution in [0.4, 0.5) is 13.2 Å². The molecule has 2 aromatic heterocycles. The summed E-state index contributed by atoms with van der Waals surface area (Å²) in [7, 11) is 0. The average molecular weight is 200 g/mol. The molecule has 0 saturated heterocycles. The second-order valence-electron chi connectivity index (χ2n) is 3.05. The van der Waals surface area contributed by atoms with Gasteiger partial charge in [0.05, 0.1) is 5.56 Å². The first-order valence-electron chi connectivity index (χ1n) is 4.00. The van der Waals surface area contributed by atoms with Crippen molar-refractivity contribution in [2.45, 2.75) is 13.1 Å². The minimum Gasteiger partial charge on any atom is -0.346 e. The number of alkyl halides is 3. The first-order chi connectivity index (χ1) is 6.48. The van der Waals surface area contributed by atoms with Crippen LogP contribution in [0, 0.1) is 6.92 Å². The van der Waals surface area contributed by atoms with Gasteiger partial charge < -0.3 is 4.98 Å². The molecule has 0 unspecified atom stereocenters. The van der Waals surface area contributed by atoms with Gasteiger partial charge in [-0.05, 0) is 19.1 Å². The van der Waals surface area contributed by atoms with Crippen molar-refractivity contribution in [1.82, 2.24) is 9.97 Å². The topological polar surface area (TPSA) is 28.7 Å². The third-order valence-corrected chi connectivity index (χ3v) is 1.96. The number of nitrogens with zero attached hydrogens (tertiary/aromatic N) is 1. The van der Waals surface area contributed by atoms with E-state index in [0.717, 1.165) is 6.07 Å². The molecule has 0 aliphatic rings. The summed E-state index contributed by atoms with van der Waals surface area (Å²) < 4.78 is 37.6. The van der Waals surface area contributed by atoms with Gasteiger partial charge in [-0.15, -0.1) is 0 Å². The Balaban J connectivity index is 2.80. The number of aromatic amines is 1. The van der Waals surface area contributed by atoms with Gasteiger partial charge in [-0.3, -0.25) is 0 Å². The average Bonchev–Trinajstić information content (AvgIpc) is 2.47. The van der Waals surface area contributed by atoms with Crippen LogP contribution in [0.3, 0.4) is 0 Å². The second-order valence-corrected chi connectivity index (χ2v) is 3.05. The summed E-state index contributed by atoms with van der Waals surface area (Å²) in [5.41, 5.74) is -0.00847. The van der Waals surface area contributed by atoms with Crippen LogP contribution in [0.1, 0.15) is 11.3 Å². The van der Waals surface area contributed by atoms with E-state index < -0.39 is 11.7 Å². The molecule has 0 radical (unpaired) electrons. The SMILES string of the molecule is Cc1cc(C(F)(F)F)c2cc[nH]c2n1. The van der Waals surface area contributed by atoms with Crippen molar-refractivity contribution in [3.05, 3.63) is 29.6 Å². The number of nitrogens with one attached hydrogen (secondary N) is 1. The Kier molecular flexibility index (Phi) is 1.77. The fourth-order valence-corrected chi connectivity index (χ4v) is 1.40. The fourth-order valence-electron chi connectivity index (χ4n) is 1.40. The molecule has 2 nitrogen and oxygen atoms in total. The Morgan fingerprint density at radius 3 is 2.71 bits per heavy atom. The van der Waals surface area contributed by atoms with E-state index in [9.17, 15) is 13.2 Å². The highest BCUT2D eigenvalue weighted by Crippen LogP contribution is 2.34. The zero-order valence-corrected chi connectivity index (χ0v) is 7.31. The van der Waals surface area contributed by atoms with Crippen molar-refractivity contribution >= 4 is 11.0 Å². The highest BCUT2D eigenvalue weighted by molar-refractivity contribution is 5.80. The van der Waals surface area contributed by atoms with Crippen LogP contribution in [-0.4, -0.2) is 9.97 Å². The van der Waals surface area contributed by atoms with Crippen LogP contribution in [0.15, 0.2) is 18.3 Å². The quantitative estimate of drug-likeness (QED) is 0.695.